The standard InChI is InChI=1S/C22H23NO5S/c1-3-26-21-15-14-20(16-22(21)27-4-2)29(24,25)23-17-10-12-19(13-11-17)28-18-8-6-5-7-9-18/h5-16,23H,3-4H2,1-2H3. The first-order valence-electron chi connectivity index (χ1n) is 9.27. The van der Waals surface area contributed by atoms with Crippen molar-refractivity contribution < 1.29 is 22.6 Å². The van der Waals surface area contributed by atoms with Gasteiger partial charge in [0.25, 0.3) is 10.0 Å². The number of hydrogen-bond acceptors (Lipinski definition) is 5. The second-order valence-electron chi connectivity index (χ2n) is 6.02. The van der Waals surface area contributed by atoms with E-state index in [9.17, 15) is 8.42 Å². The lowest BCUT2D eigenvalue weighted by Gasteiger charge is -2.14. The molecule has 0 amide bonds. The zero-order chi connectivity index (χ0) is 20.7. The van der Waals surface area contributed by atoms with Gasteiger partial charge in [0, 0.05) is 11.8 Å². The Kier molecular flexibility index (Phi) is 6.61. The number of nitrogens with one attached hydrogen (secondary N) is 1. The van der Waals surface area contributed by atoms with E-state index < -0.39 is 10.0 Å². The van der Waals surface area contributed by atoms with Crippen molar-refractivity contribution in [3.05, 3.63) is 72.8 Å². The van der Waals surface area contributed by atoms with E-state index in [1.807, 2.05) is 44.2 Å². The average Bonchev–Trinajstić information content (AvgIpc) is 2.72. The summed E-state index contributed by atoms with van der Waals surface area (Å²) < 4.78 is 44.8. The first-order chi connectivity index (χ1) is 14.0. The van der Waals surface area contributed by atoms with Gasteiger partial charge in [-0.25, -0.2) is 8.42 Å². The van der Waals surface area contributed by atoms with E-state index in [-0.39, 0.29) is 4.90 Å². The number of para-hydroxylation sites is 1. The van der Waals surface area contributed by atoms with Crippen molar-refractivity contribution in [3.63, 3.8) is 0 Å². The fourth-order valence-corrected chi connectivity index (χ4v) is 3.70. The van der Waals surface area contributed by atoms with Gasteiger partial charge < -0.3 is 14.2 Å². The van der Waals surface area contributed by atoms with E-state index in [2.05, 4.69) is 4.72 Å². The molecule has 6 nitrogen and oxygen atoms in total. The molecule has 3 rings (SSSR count). The molecule has 7 heteroatoms. The van der Waals surface area contributed by atoms with Gasteiger partial charge in [0.15, 0.2) is 11.5 Å². The summed E-state index contributed by atoms with van der Waals surface area (Å²) in [5, 5.41) is 0. The SMILES string of the molecule is CCOc1ccc(S(=O)(=O)Nc2ccc(Oc3ccccc3)cc2)cc1OCC. The third-order valence-electron chi connectivity index (χ3n) is 3.91. The van der Waals surface area contributed by atoms with Gasteiger partial charge in [-0.15, -0.1) is 0 Å². The van der Waals surface area contributed by atoms with Gasteiger partial charge in [0.05, 0.1) is 18.1 Å². The van der Waals surface area contributed by atoms with Crippen LogP contribution in [0.3, 0.4) is 0 Å². The predicted molar refractivity (Wildman–Crippen MR) is 113 cm³/mol. The minimum Gasteiger partial charge on any atom is -0.490 e. The molecule has 0 heterocycles. The highest BCUT2D eigenvalue weighted by atomic mass is 32.2. The second kappa shape index (κ2) is 9.34. The number of benzene rings is 3. The predicted octanol–water partition coefficient (Wildman–Crippen LogP) is 5.08. The maximum absolute atomic E-state index is 12.8. The molecular formula is C22H23NO5S. The highest BCUT2D eigenvalue weighted by Crippen LogP contribution is 2.31. The molecular weight excluding hydrogens is 390 g/mol. The molecule has 0 saturated heterocycles. The van der Waals surface area contributed by atoms with Crippen molar-refractivity contribution in [2.75, 3.05) is 17.9 Å². The van der Waals surface area contributed by atoms with Crippen LogP contribution >= 0.6 is 0 Å². The molecule has 0 radical (unpaired) electrons. The van der Waals surface area contributed by atoms with E-state index in [4.69, 9.17) is 14.2 Å². The molecule has 1 N–H and O–H groups in total. The molecule has 0 saturated carbocycles. The Morgan fingerprint density at radius 1 is 0.759 bits per heavy atom. The Labute approximate surface area is 171 Å². The van der Waals surface area contributed by atoms with Crippen LogP contribution in [0, 0.1) is 0 Å². The lowest BCUT2D eigenvalue weighted by atomic mass is 10.3. The normalized spacial score (nSPS) is 11.0. The van der Waals surface area contributed by atoms with Crippen molar-refractivity contribution in [1.82, 2.24) is 0 Å². The first-order valence-corrected chi connectivity index (χ1v) is 10.8. The number of rotatable bonds is 9. The third-order valence-corrected chi connectivity index (χ3v) is 5.29. The van der Waals surface area contributed by atoms with Crippen LogP contribution in [0.15, 0.2) is 77.7 Å². The molecule has 3 aromatic carbocycles. The fourth-order valence-electron chi connectivity index (χ4n) is 2.63. The van der Waals surface area contributed by atoms with Crippen LogP contribution in [0.5, 0.6) is 23.0 Å². The van der Waals surface area contributed by atoms with E-state index in [0.29, 0.717) is 41.9 Å². The van der Waals surface area contributed by atoms with Crippen LogP contribution in [0.1, 0.15) is 13.8 Å². The summed E-state index contributed by atoms with van der Waals surface area (Å²) in [4.78, 5) is 0.0917. The second-order valence-corrected chi connectivity index (χ2v) is 7.70. The summed E-state index contributed by atoms with van der Waals surface area (Å²) in [6.07, 6.45) is 0. The highest BCUT2D eigenvalue weighted by molar-refractivity contribution is 7.92. The highest BCUT2D eigenvalue weighted by Gasteiger charge is 2.17. The van der Waals surface area contributed by atoms with Crippen LogP contribution in [0.25, 0.3) is 0 Å². The lowest BCUT2D eigenvalue weighted by molar-refractivity contribution is 0.287. The summed E-state index contributed by atoms with van der Waals surface area (Å²) in [5.74, 6) is 2.22. The van der Waals surface area contributed by atoms with Crippen molar-refractivity contribution in [1.29, 1.82) is 0 Å². The maximum Gasteiger partial charge on any atom is 0.262 e. The summed E-state index contributed by atoms with van der Waals surface area (Å²) in [7, 11) is -3.78. The van der Waals surface area contributed by atoms with Crippen LogP contribution in [-0.4, -0.2) is 21.6 Å². The van der Waals surface area contributed by atoms with Gasteiger partial charge in [0.2, 0.25) is 0 Å². The van der Waals surface area contributed by atoms with Gasteiger partial charge in [0.1, 0.15) is 11.5 Å². The number of anilines is 1. The molecule has 0 aliphatic rings. The van der Waals surface area contributed by atoms with Crippen LogP contribution < -0.4 is 18.9 Å². The Hall–Kier alpha value is -3.19. The quantitative estimate of drug-likeness (QED) is 0.530. The van der Waals surface area contributed by atoms with E-state index in [1.165, 1.54) is 12.1 Å². The van der Waals surface area contributed by atoms with Crippen LogP contribution in [-0.2, 0) is 10.0 Å². The van der Waals surface area contributed by atoms with Gasteiger partial charge in [-0.1, -0.05) is 18.2 Å². The van der Waals surface area contributed by atoms with Crippen molar-refractivity contribution in [2.45, 2.75) is 18.7 Å². The fraction of sp³-hybridized carbons (Fsp3) is 0.182. The molecule has 152 valence electrons. The van der Waals surface area contributed by atoms with Crippen LogP contribution in [0.4, 0.5) is 5.69 Å². The number of ether oxygens (including phenoxy) is 3. The van der Waals surface area contributed by atoms with E-state index in [1.54, 1.807) is 30.3 Å². The topological polar surface area (TPSA) is 73.9 Å². The Morgan fingerprint density at radius 2 is 1.38 bits per heavy atom. The van der Waals surface area contributed by atoms with Gasteiger partial charge >= 0.3 is 0 Å². The zero-order valence-corrected chi connectivity index (χ0v) is 17.1. The minimum absolute atomic E-state index is 0.0917. The summed E-state index contributed by atoms with van der Waals surface area (Å²) in [5.41, 5.74) is 0.428. The molecule has 29 heavy (non-hydrogen) atoms. The van der Waals surface area contributed by atoms with Gasteiger partial charge in [-0.2, -0.15) is 0 Å². The largest absolute Gasteiger partial charge is 0.490 e. The molecule has 0 spiro atoms. The molecule has 0 bridgehead atoms. The Balaban J connectivity index is 1.75. The monoisotopic (exact) mass is 413 g/mol. The van der Waals surface area contributed by atoms with Crippen molar-refractivity contribution in [3.8, 4) is 23.0 Å². The summed E-state index contributed by atoms with van der Waals surface area (Å²) in [6.45, 7) is 4.54. The minimum atomic E-state index is -3.78. The van der Waals surface area contributed by atoms with Crippen LogP contribution in [0.2, 0.25) is 0 Å². The molecule has 0 aliphatic carbocycles. The maximum atomic E-state index is 12.8. The van der Waals surface area contributed by atoms with Crippen molar-refractivity contribution in [2.24, 2.45) is 0 Å². The first kappa shape index (κ1) is 20.5. The number of sulfonamides is 1. The van der Waals surface area contributed by atoms with Crippen molar-refractivity contribution >= 4 is 15.7 Å². The number of hydrogen-bond donors (Lipinski definition) is 1. The average molecular weight is 413 g/mol. The molecule has 0 aromatic heterocycles. The zero-order valence-electron chi connectivity index (χ0n) is 16.3. The molecule has 0 aliphatic heterocycles. The molecule has 3 aromatic rings. The molecule has 0 fully saturated rings. The Bertz CT molecular complexity index is 1030. The Morgan fingerprint density at radius 3 is 2.03 bits per heavy atom. The lowest BCUT2D eigenvalue weighted by Crippen LogP contribution is -2.13. The molecule has 0 unspecified atom stereocenters. The van der Waals surface area contributed by atoms with E-state index >= 15 is 0 Å². The summed E-state index contributed by atoms with van der Waals surface area (Å²) in [6, 6.07) is 20.6. The summed E-state index contributed by atoms with van der Waals surface area (Å²) >= 11 is 0. The van der Waals surface area contributed by atoms with E-state index in [0.717, 1.165) is 0 Å². The van der Waals surface area contributed by atoms with Gasteiger partial charge in [-0.3, -0.25) is 4.72 Å². The molecule has 0 atom stereocenters. The smallest absolute Gasteiger partial charge is 0.262 e. The van der Waals surface area contributed by atoms with Gasteiger partial charge in [-0.05, 0) is 62.4 Å². The third kappa shape index (κ3) is 5.42.